The van der Waals surface area contributed by atoms with Crippen LogP contribution in [0.2, 0.25) is 0 Å². The molecule has 1 aliphatic heterocycles. The van der Waals surface area contributed by atoms with Gasteiger partial charge in [0.25, 0.3) is 0 Å². The molecule has 0 spiro atoms. The summed E-state index contributed by atoms with van der Waals surface area (Å²) >= 11 is 3.43. The molecule has 1 unspecified atom stereocenters. The number of rotatable bonds is 10. The molecule has 1 fully saturated rings. The van der Waals surface area contributed by atoms with Crippen molar-refractivity contribution in [2.45, 2.75) is 18.8 Å². The van der Waals surface area contributed by atoms with E-state index in [1.165, 1.54) is 6.08 Å². The molecular weight excluding hydrogens is 544 g/mol. The maximum atomic E-state index is 13.3. The van der Waals surface area contributed by atoms with E-state index in [9.17, 15) is 9.59 Å². The molecule has 0 bridgehead atoms. The summed E-state index contributed by atoms with van der Waals surface area (Å²) in [6.45, 7) is 4.33. The molecule has 1 saturated heterocycles. The molecule has 0 aliphatic carbocycles. The number of nitrogens with two attached hydrogens (primary N) is 1. The third-order valence-corrected chi connectivity index (χ3v) is 7.01. The van der Waals surface area contributed by atoms with Crippen molar-refractivity contribution in [3.05, 3.63) is 94.5 Å². The summed E-state index contributed by atoms with van der Waals surface area (Å²) in [5.74, 6) is -0.582. The van der Waals surface area contributed by atoms with Gasteiger partial charge < -0.3 is 21.1 Å². The number of anilines is 3. The number of morpholine rings is 1. The Hall–Kier alpha value is -3.46. The van der Waals surface area contributed by atoms with Gasteiger partial charge in [0.15, 0.2) is 0 Å². The number of ether oxygens (including phenoxy) is 1. The summed E-state index contributed by atoms with van der Waals surface area (Å²) in [7, 11) is 0. The lowest BCUT2D eigenvalue weighted by molar-refractivity contribution is -0.117. The molecule has 1 atom stereocenters. The molecule has 4 N–H and O–H groups in total. The Kier molecular flexibility index (Phi) is 10.1. The zero-order chi connectivity index (χ0) is 26.7. The second kappa shape index (κ2) is 13.9. The van der Waals surface area contributed by atoms with Gasteiger partial charge in [-0.25, -0.2) is 0 Å². The average Bonchev–Trinajstić information content (AvgIpc) is 2.93. The number of amides is 2. The van der Waals surface area contributed by atoms with Gasteiger partial charge in [-0.2, -0.15) is 0 Å². The number of halogens is 1. The van der Waals surface area contributed by atoms with Crippen LogP contribution in [0.15, 0.2) is 83.3 Å². The molecule has 0 aromatic heterocycles. The molecule has 198 valence electrons. The third-order valence-electron chi connectivity index (χ3n) is 6.48. The van der Waals surface area contributed by atoms with Crippen molar-refractivity contribution in [2.24, 2.45) is 0 Å². The third kappa shape index (κ3) is 8.28. The number of nitrogens with one attached hydrogen (secondary N) is 2. The van der Waals surface area contributed by atoms with Gasteiger partial charge in [-0.3, -0.25) is 14.5 Å². The van der Waals surface area contributed by atoms with E-state index in [1.807, 2.05) is 60.7 Å². The van der Waals surface area contributed by atoms with E-state index in [0.29, 0.717) is 11.4 Å². The first-order valence-corrected chi connectivity index (χ1v) is 13.6. The summed E-state index contributed by atoms with van der Waals surface area (Å²) < 4.78 is 6.41. The molecule has 8 heteroatoms. The predicted molar refractivity (Wildman–Crippen MR) is 157 cm³/mol. The number of carbonyl (C=O) groups is 2. The summed E-state index contributed by atoms with van der Waals surface area (Å²) in [5.41, 5.74) is 9.56. The summed E-state index contributed by atoms with van der Waals surface area (Å²) in [6, 6.07) is 22.5. The molecular formula is C30H33BrN4O3. The van der Waals surface area contributed by atoms with Crippen molar-refractivity contribution < 1.29 is 14.3 Å². The Morgan fingerprint density at radius 2 is 1.68 bits per heavy atom. The maximum Gasteiger partial charge on any atom is 0.248 e. The zero-order valence-corrected chi connectivity index (χ0v) is 22.8. The Balaban J connectivity index is 1.41. The highest BCUT2D eigenvalue weighted by Crippen LogP contribution is 2.25. The Bertz CT molecular complexity index is 1240. The van der Waals surface area contributed by atoms with Crippen LogP contribution in [0.3, 0.4) is 0 Å². The maximum absolute atomic E-state index is 13.3. The fourth-order valence-corrected chi connectivity index (χ4v) is 4.62. The monoisotopic (exact) mass is 576 g/mol. The predicted octanol–water partition coefficient (Wildman–Crippen LogP) is 5.52. The molecule has 3 aromatic carbocycles. The Labute approximate surface area is 232 Å². The minimum Gasteiger partial charge on any atom is -0.397 e. The quantitative estimate of drug-likeness (QED) is 0.218. The number of para-hydroxylation sites is 2. The largest absolute Gasteiger partial charge is 0.397 e. The molecule has 2 amide bonds. The number of hydrogen-bond donors (Lipinski definition) is 3. The molecule has 0 saturated carbocycles. The second-order valence-corrected chi connectivity index (χ2v) is 10.1. The van der Waals surface area contributed by atoms with Crippen LogP contribution in [0.4, 0.5) is 17.1 Å². The number of nitrogens with zero attached hydrogens (tertiary/aromatic N) is 1. The second-order valence-electron chi connectivity index (χ2n) is 9.22. The van der Waals surface area contributed by atoms with E-state index >= 15 is 0 Å². The molecule has 3 aromatic rings. The van der Waals surface area contributed by atoms with E-state index < -0.39 is 0 Å². The van der Waals surface area contributed by atoms with Gasteiger partial charge in [-0.05, 0) is 73.0 Å². The van der Waals surface area contributed by atoms with Gasteiger partial charge in [-0.15, -0.1) is 0 Å². The fourth-order valence-electron chi connectivity index (χ4n) is 4.35. The van der Waals surface area contributed by atoms with Crippen LogP contribution in [0.25, 0.3) is 6.08 Å². The van der Waals surface area contributed by atoms with Crippen LogP contribution in [0.5, 0.6) is 0 Å². The van der Waals surface area contributed by atoms with Gasteiger partial charge >= 0.3 is 0 Å². The molecule has 1 heterocycles. The summed E-state index contributed by atoms with van der Waals surface area (Å²) in [4.78, 5) is 28.1. The highest BCUT2D eigenvalue weighted by molar-refractivity contribution is 9.10. The van der Waals surface area contributed by atoms with Crippen molar-refractivity contribution >= 4 is 50.9 Å². The normalized spacial score (nSPS) is 14.8. The van der Waals surface area contributed by atoms with Crippen LogP contribution < -0.4 is 16.4 Å². The van der Waals surface area contributed by atoms with Crippen LogP contribution in [-0.4, -0.2) is 49.6 Å². The average molecular weight is 578 g/mol. The smallest absolute Gasteiger partial charge is 0.248 e. The minimum atomic E-state index is -0.290. The standard InChI is InChI=1S/C30H33BrN4O3/c31-24-12-14-25(15-13-24)33-30(37)26(4-3-17-35-18-20-38-21-19-35)23-10-7-22(8-11-23)9-16-29(36)34-28-6-2-1-5-27(28)32/h1-2,5-16,26H,3-4,17-21,32H2,(H,33,37)(H,34,36)/b16-9+. The van der Waals surface area contributed by atoms with E-state index in [1.54, 1.807) is 18.2 Å². The van der Waals surface area contributed by atoms with Crippen molar-refractivity contribution in [1.82, 2.24) is 4.90 Å². The van der Waals surface area contributed by atoms with Crippen molar-refractivity contribution in [3.63, 3.8) is 0 Å². The highest BCUT2D eigenvalue weighted by atomic mass is 79.9. The van der Waals surface area contributed by atoms with Gasteiger partial charge in [0.2, 0.25) is 11.8 Å². The van der Waals surface area contributed by atoms with Crippen LogP contribution in [0.1, 0.15) is 29.9 Å². The van der Waals surface area contributed by atoms with Gasteiger partial charge in [0.1, 0.15) is 0 Å². The zero-order valence-electron chi connectivity index (χ0n) is 21.2. The van der Waals surface area contributed by atoms with Crippen molar-refractivity contribution in [3.8, 4) is 0 Å². The summed E-state index contributed by atoms with van der Waals surface area (Å²) in [6.07, 6.45) is 4.85. The lowest BCUT2D eigenvalue weighted by Crippen LogP contribution is -2.37. The van der Waals surface area contributed by atoms with Crippen LogP contribution >= 0.6 is 15.9 Å². The van der Waals surface area contributed by atoms with Crippen molar-refractivity contribution in [1.29, 1.82) is 0 Å². The molecule has 1 aliphatic rings. The van der Waals surface area contributed by atoms with E-state index in [4.69, 9.17) is 10.5 Å². The SMILES string of the molecule is Nc1ccccc1NC(=O)/C=C/c1ccc(C(CCCN2CCOCC2)C(=O)Nc2ccc(Br)cc2)cc1. The minimum absolute atomic E-state index is 0.0302. The Morgan fingerprint density at radius 3 is 2.39 bits per heavy atom. The number of hydrogen-bond acceptors (Lipinski definition) is 5. The Morgan fingerprint density at radius 1 is 0.974 bits per heavy atom. The van der Waals surface area contributed by atoms with Gasteiger partial charge in [-0.1, -0.05) is 52.3 Å². The first-order valence-electron chi connectivity index (χ1n) is 12.8. The fraction of sp³-hybridized carbons (Fsp3) is 0.267. The molecule has 7 nitrogen and oxygen atoms in total. The van der Waals surface area contributed by atoms with E-state index in [2.05, 4.69) is 31.5 Å². The number of benzene rings is 3. The molecule has 4 rings (SSSR count). The van der Waals surface area contributed by atoms with Gasteiger partial charge in [0.05, 0.1) is 30.5 Å². The molecule has 0 radical (unpaired) electrons. The highest BCUT2D eigenvalue weighted by Gasteiger charge is 2.21. The number of carbonyl (C=O) groups excluding carboxylic acids is 2. The van der Waals surface area contributed by atoms with E-state index in [0.717, 1.165) is 67.0 Å². The first kappa shape index (κ1) is 27.6. The van der Waals surface area contributed by atoms with E-state index in [-0.39, 0.29) is 17.7 Å². The van der Waals surface area contributed by atoms with Crippen LogP contribution in [-0.2, 0) is 14.3 Å². The molecule has 38 heavy (non-hydrogen) atoms. The summed E-state index contributed by atoms with van der Waals surface area (Å²) in [5, 5.41) is 5.85. The van der Waals surface area contributed by atoms with Gasteiger partial charge in [0, 0.05) is 29.3 Å². The van der Waals surface area contributed by atoms with Crippen LogP contribution in [0, 0.1) is 0 Å². The first-order chi connectivity index (χ1) is 18.5. The lowest BCUT2D eigenvalue weighted by Gasteiger charge is -2.27. The topological polar surface area (TPSA) is 96.7 Å². The van der Waals surface area contributed by atoms with Crippen molar-refractivity contribution in [2.75, 3.05) is 49.2 Å². The lowest BCUT2D eigenvalue weighted by atomic mass is 9.92. The number of nitrogen functional groups attached to an aromatic ring is 1.